The molecule has 2 aromatic heterocycles. The van der Waals surface area contributed by atoms with Gasteiger partial charge in [-0.1, -0.05) is 0 Å². The predicted octanol–water partition coefficient (Wildman–Crippen LogP) is 2.88. The second-order valence-corrected chi connectivity index (χ2v) is 5.85. The second kappa shape index (κ2) is 6.47. The molecule has 25 heavy (non-hydrogen) atoms. The molecular formula is C19H19N3O3. The number of hydrogen-bond donors (Lipinski definition) is 0. The van der Waals surface area contributed by atoms with E-state index in [1.165, 1.54) is 4.68 Å². The highest BCUT2D eigenvalue weighted by atomic mass is 16.5. The Labute approximate surface area is 145 Å². The number of fused-ring (bicyclic) bond motifs is 1. The fourth-order valence-corrected chi connectivity index (χ4v) is 3.07. The van der Waals surface area contributed by atoms with E-state index in [4.69, 9.17) is 4.74 Å². The number of carbonyl (C=O) groups is 1. The lowest BCUT2D eigenvalue weighted by atomic mass is 9.96. The fraction of sp³-hybridized carbons (Fsp3) is 0.263. The van der Waals surface area contributed by atoms with E-state index in [0.29, 0.717) is 27.9 Å². The van der Waals surface area contributed by atoms with Crippen LogP contribution in [0.5, 0.6) is 0 Å². The molecular weight excluding hydrogens is 318 g/mol. The number of rotatable bonds is 3. The van der Waals surface area contributed by atoms with Crippen molar-refractivity contribution in [3.63, 3.8) is 0 Å². The maximum absolute atomic E-state index is 13.1. The van der Waals surface area contributed by atoms with E-state index in [-0.39, 0.29) is 12.2 Å². The van der Waals surface area contributed by atoms with Crippen molar-refractivity contribution in [3.05, 3.63) is 63.3 Å². The lowest BCUT2D eigenvalue weighted by Gasteiger charge is -2.14. The molecule has 3 aromatic rings. The first-order valence-electron chi connectivity index (χ1n) is 8.07. The highest BCUT2D eigenvalue weighted by Crippen LogP contribution is 2.25. The smallest absolute Gasteiger partial charge is 0.338 e. The summed E-state index contributed by atoms with van der Waals surface area (Å²) >= 11 is 0. The summed E-state index contributed by atoms with van der Waals surface area (Å²) in [5, 5.41) is 5.63. The van der Waals surface area contributed by atoms with E-state index in [1.54, 1.807) is 38.4 Å². The van der Waals surface area contributed by atoms with Gasteiger partial charge in [-0.25, -0.2) is 4.79 Å². The van der Waals surface area contributed by atoms with Gasteiger partial charge in [-0.05, 0) is 57.0 Å². The van der Waals surface area contributed by atoms with Crippen LogP contribution >= 0.6 is 0 Å². The van der Waals surface area contributed by atoms with Crippen LogP contribution in [0.15, 0.2) is 35.4 Å². The number of pyridine rings is 1. The van der Waals surface area contributed by atoms with E-state index in [1.807, 2.05) is 19.9 Å². The Bertz CT molecular complexity index is 1020. The normalized spacial score (nSPS) is 10.9. The summed E-state index contributed by atoms with van der Waals surface area (Å²) in [6.45, 7) is 7.50. The predicted molar refractivity (Wildman–Crippen MR) is 95.3 cm³/mol. The van der Waals surface area contributed by atoms with Gasteiger partial charge >= 0.3 is 5.97 Å². The van der Waals surface area contributed by atoms with Crippen LogP contribution in [-0.4, -0.2) is 27.3 Å². The summed E-state index contributed by atoms with van der Waals surface area (Å²) in [4.78, 5) is 29.4. The van der Waals surface area contributed by atoms with Crippen LogP contribution in [0.25, 0.3) is 16.5 Å². The van der Waals surface area contributed by atoms with E-state index < -0.39 is 5.97 Å². The van der Waals surface area contributed by atoms with Crippen molar-refractivity contribution < 1.29 is 9.53 Å². The van der Waals surface area contributed by atoms with Gasteiger partial charge in [-0.2, -0.15) is 9.78 Å². The number of hydrogen-bond acceptors (Lipinski definition) is 5. The number of aryl methyl sites for hydroxylation is 3. The number of carbonyl (C=O) groups excluding carboxylic acids is 1. The molecule has 0 saturated carbocycles. The largest absolute Gasteiger partial charge is 0.462 e. The standard InChI is InChI=1S/C19H19N3O3/c1-5-25-19(24)16-11(2)9-15-13(4)21-22(14-7-6-8-20-10-14)18(23)17(15)12(16)3/h6-10H,5H2,1-4H3. The Morgan fingerprint density at radius 1 is 1.28 bits per heavy atom. The molecule has 0 aliphatic rings. The van der Waals surface area contributed by atoms with Crippen molar-refractivity contribution in [1.82, 2.24) is 14.8 Å². The van der Waals surface area contributed by atoms with Gasteiger partial charge in [0, 0.05) is 11.6 Å². The number of nitrogens with zero attached hydrogens (tertiary/aromatic N) is 3. The maximum atomic E-state index is 13.1. The lowest BCUT2D eigenvalue weighted by molar-refractivity contribution is 0.0525. The number of esters is 1. The summed E-state index contributed by atoms with van der Waals surface area (Å²) in [6, 6.07) is 5.34. The molecule has 0 bridgehead atoms. The SMILES string of the molecule is CCOC(=O)c1c(C)cc2c(C)nn(-c3cccnc3)c(=O)c2c1C. The topological polar surface area (TPSA) is 74.1 Å². The minimum Gasteiger partial charge on any atom is -0.462 e. The van der Waals surface area contributed by atoms with Crippen LogP contribution in [0.1, 0.15) is 34.1 Å². The molecule has 0 atom stereocenters. The minimum atomic E-state index is -0.416. The van der Waals surface area contributed by atoms with Gasteiger partial charge in [0.2, 0.25) is 0 Å². The number of benzene rings is 1. The Kier molecular flexibility index (Phi) is 4.35. The van der Waals surface area contributed by atoms with Crippen LogP contribution in [0, 0.1) is 20.8 Å². The average molecular weight is 337 g/mol. The molecule has 0 N–H and O–H groups in total. The molecule has 6 heteroatoms. The molecule has 0 radical (unpaired) electrons. The van der Waals surface area contributed by atoms with Crippen molar-refractivity contribution in [3.8, 4) is 5.69 Å². The third kappa shape index (κ3) is 2.80. The Morgan fingerprint density at radius 3 is 2.68 bits per heavy atom. The zero-order valence-electron chi connectivity index (χ0n) is 14.7. The highest BCUT2D eigenvalue weighted by molar-refractivity contribution is 6.00. The molecule has 0 fully saturated rings. The number of ether oxygens (including phenoxy) is 1. The van der Waals surface area contributed by atoms with Crippen molar-refractivity contribution >= 4 is 16.7 Å². The third-order valence-corrected chi connectivity index (χ3v) is 4.19. The first-order valence-corrected chi connectivity index (χ1v) is 8.07. The van der Waals surface area contributed by atoms with Crippen molar-refractivity contribution in [2.45, 2.75) is 27.7 Å². The Morgan fingerprint density at radius 2 is 2.04 bits per heavy atom. The van der Waals surface area contributed by atoms with Crippen LogP contribution in [0.3, 0.4) is 0 Å². The van der Waals surface area contributed by atoms with Gasteiger partial charge in [0.15, 0.2) is 0 Å². The molecule has 0 aliphatic heterocycles. The van der Waals surface area contributed by atoms with Gasteiger partial charge in [-0.15, -0.1) is 0 Å². The molecule has 0 spiro atoms. The van der Waals surface area contributed by atoms with Gasteiger partial charge in [0.25, 0.3) is 5.56 Å². The molecule has 2 heterocycles. The Balaban J connectivity index is 2.38. The molecule has 128 valence electrons. The molecule has 1 aromatic carbocycles. The van der Waals surface area contributed by atoms with Gasteiger partial charge in [-0.3, -0.25) is 9.78 Å². The monoisotopic (exact) mass is 337 g/mol. The first kappa shape index (κ1) is 16.8. The van der Waals surface area contributed by atoms with Crippen molar-refractivity contribution in [1.29, 1.82) is 0 Å². The number of aromatic nitrogens is 3. The van der Waals surface area contributed by atoms with E-state index in [9.17, 15) is 9.59 Å². The maximum Gasteiger partial charge on any atom is 0.338 e. The Hall–Kier alpha value is -3.02. The summed E-state index contributed by atoms with van der Waals surface area (Å²) in [7, 11) is 0. The van der Waals surface area contributed by atoms with Crippen LogP contribution < -0.4 is 5.56 Å². The third-order valence-electron chi connectivity index (χ3n) is 4.19. The van der Waals surface area contributed by atoms with E-state index >= 15 is 0 Å². The van der Waals surface area contributed by atoms with E-state index in [0.717, 1.165) is 10.9 Å². The summed E-state index contributed by atoms with van der Waals surface area (Å²) in [5.41, 5.74) is 2.83. The quantitative estimate of drug-likeness (QED) is 0.687. The van der Waals surface area contributed by atoms with Crippen LogP contribution in [0.4, 0.5) is 0 Å². The van der Waals surface area contributed by atoms with Crippen molar-refractivity contribution in [2.24, 2.45) is 0 Å². The van der Waals surface area contributed by atoms with Crippen LogP contribution in [-0.2, 0) is 4.74 Å². The van der Waals surface area contributed by atoms with E-state index in [2.05, 4.69) is 10.1 Å². The van der Waals surface area contributed by atoms with Gasteiger partial charge in [0.05, 0.1) is 35.1 Å². The summed E-state index contributed by atoms with van der Waals surface area (Å²) in [5.74, 6) is -0.416. The summed E-state index contributed by atoms with van der Waals surface area (Å²) in [6.07, 6.45) is 3.21. The molecule has 3 rings (SSSR count). The molecule has 6 nitrogen and oxygen atoms in total. The first-order chi connectivity index (χ1) is 12.0. The molecule has 0 aliphatic carbocycles. The highest BCUT2D eigenvalue weighted by Gasteiger charge is 2.20. The lowest BCUT2D eigenvalue weighted by Crippen LogP contribution is -2.24. The minimum absolute atomic E-state index is 0.281. The average Bonchev–Trinajstić information content (AvgIpc) is 2.58. The fourth-order valence-electron chi connectivity index (χ4n) is 3.07. The summed E-state index contributed by atoms with van der Waals surface area (Å²) < 4.78 is 6.47. The van der Waals surface area contributed by atoms with Gasteiger partial charge in [0.1, 0.15) is 0 Å². The zero-order valence-corrected chi connectivity index (χ0v) is 14.7. The van der Waals surface area contributed by atoms with Crippen LogP contribution in [0.2, 0.25) is 0 Å². The molecule has 0 unspecified atom stereocenters. The van der Waals surface area contributed by atoms with Gasteiger partial charge < -0.3 is 4.74 Å². The second-order valence-electron chi connectivity index (χ2n) is 5.85. The van der Waals surface area contributed by atoms with Crippen molar-refractivity contribution in [2.75, 3.05) is 6.61 Å². The molecule has 0 amide bonds. The molecule has 0 saturated heterocycles. The zero-order chi connectivity index (χ0) is 18.1.